The van der Waals surface area contributed by atoms with Gasteiger partial charge in [-0.2, -0.15) is 0 Å². The van der Waals surface area contributed by atoms with Gasteiger partial charge in [0, 0.05) is 5.56 Å². The van der Waals surface area contributed by atoms with Gasteiger partial charge >= 0.3 is 5.97 Å². The number of alkyl halides is 1. The zero-order chi connectivity index (χ0) is 19.8. The first kappa shape index (κ1) is 21.1. The molecule has 1 aromatic carbocycles. The second kappa shape index (κ2) is 10.2. The Hall–Kier alpha value is -2.21. The number of hydrogen-bond acceptors (Lipinski definition) is 5. The first-order valence-corrected chi connectivity index (χ1v) is 10.1. The van der Waals surface area contributed by atoms with Gasteiger partial charge in [-0.3, -0.25) is 9.78 Å². The minimum Gasteiger partial charge on any atom is -0.459 e. The van der Waals surface area contributed by atoms with Crippen LogP contribution in [0.2, 0.25) is 0 Å². The normalized spacial score (nSPS) is 10.7. The van der Waals surface area contributed by atoms with Crippen LogP contribution in [-0.4, -0.2) is 35.1 Å². The van der Waals surface area contributed by atoms with Crippen LogP contribution in [0.15, 0.2) is 30.3 Å². The van der Waals surface area contributed by atoms with E-state index >= 15 is 0 Å². The number of ether oxygens (including phenoxy) is 1. The van der Waals surface area contributed by atoms with Crippen LogP contribution in [0.1, 0.15) is 52.7 Å². The first-order valence-electron chi connectivity index (χ1n) is 9.10. The molecule has 0 bridgehead atoms. The zero-order valence-corrected chi connectivity index (χ0v) is 16.7. The molecule has 6 heteroatoms. The number of aromatic nitrogens is 1. The summed E-state index contributed by atoms with van der Waals surface area (Å²) in [5, 5.41) is -0.0992. The van der Waals surface area contributed by atoms with Crippen molar-refractivity contribution in [2.45, 2.75) is 33.6 Å². The van der Waals surface area contributed by atoms with E-state index in [0.29, 0.717) is 41.1 Å². The van der Waals surface area contributed by atoms with E-state index in [1.807, 2.05) is 51.1 Å². The molecule has 2 aromatic rings. The Kier molecular flexibility index (Phi) is 7.98. The van der Waals surface area contributed by atoms with Gasteiger partial charge in [0.15, 0.2) is 0 Å². The van der Waals surface area contributed by atoms with Crippen molar-refractivity contribution in [3.8, 4) is 11.3 Å². The molecule has 0 aliphatic rings. The number of esters is 1. The smallest absolute Gasteiger partial charge is 0.340 e. The molecule has 0 saturated heterocycles. The van der Waals surface area contributed by atoms with Crippen LogP contribution >= 0.6 is 11.8 Å². The lowest BCUT2D eigenvalue weighted by Crippen LogP contribution is -2.18. The number of pyridine rings is 1. The van der Waals surface area contributed by atoms with E-state index in [4.69, 9.17) is 4.74 Å². The molecule has 2 rings (SSSR count). The number of halogens is 1. The van der Waals surface area contributed by atoms with Crippen LogP contribution in [-0.2, 0) is 17.6 Å². The Morgan fingerprint density at radius 1 is 1.07 bits per heavy atom. The van der Waals surface area contributed by atoms with Gasteiger partial charge in [0.05, 0.1) is 22.5 Å². The van der Waals surface area contributed by atoms with Gasteiger partial charge in [-0.15, -0.1) is 0 Å². The molecule has 27 heavy (non-hydrogen) atoms. The molecule has 0 unspecified atom stereocenters. The van der Waals surface area contributed by atoms with Crippen molar-refractivity contribution in [1.82, 2.24) is 4.98 Å². The van der Waals surface area contributed by atoms with Crippen molar-refractivity contribution in [3.05, 3.63) is 52.7 Å². The van der Waals surface area contributed by atoms with Crippen LogP contribution < -0.4 is 0 Å². The van der Waals surface area contributed by atoms with Crippen LogP contribution in [0.3, 0.4) is 0 Å². The van der Waals surface area contributed by atoms with Gasteiger partial charge in [0.1, 0.15) is 13.3 Å². The number of thioether (sulfide) groups is 1. The maximum atomic E-state index is 12.8. The van der Waals surface area contributed by atoms with E-state index in [1.54, 1.807) is 0 Å². The van der Waals surface area contributed by atoms with Crippen LogP contribution in [0.4, 0.5) is 4.39 Å². The van der Waals surface area contributed by atoms with Crippen molar-refractivity contribution in [3.63, 3.8) is 0 Å². The fraction of sp³-hybridized carbons (Fsp3) is 0.381. The Morgan fingerprint density at radius 2 is 1.78 bits per heavy atom. The summed E-state index contributed by atoms with van der Waals surface area (Å²) in [6, 6.07) is 9.31. The van der Waals surface area contributed by atoms with E-state index in [0.717, 1.165) is 5.56 Å². The fourth-order valence-corrected chi connectivity index (χ4v) is 3.62. The summed E-state index contributed by atoms with van der Waals surface area (Å²) >= 11 is 1.19. The van der Waals surface area contributed by atoms with Crippen LogP contribution in [0.5, 0.6) is 0 Å². The minimum absolute atomic E-state index is 0.0992. The molecule has 0 amide bonds. The van der Waals surface area contributed by atoms with Crippen molar-refractivity contribution < 1.29 is 18.7 Å². The standard InChI is InChI=1S/C21H24FNO3S/c1-4-15-17(21(25)27-6-3)16(5-2)23-19(14-10-8-7-9-11-14)18(15)20(24)26-13-12-22/h7-11H,4-6,12-13H2,1-3H3/i22-1. The highest BCUT2D eigenvalue weighted by molar-refractivity contribution is 8.14. The average Bonchev–Trinajstić information content (AvgIpc) is 2.70. The number of aryl methyl sites for hydroxylation is 1. The molecule has 0 spiro atoms. The van der Waals surface area contributed by atoms with Gasteiger partial charge in [0.2, 0.25) is 5.12 Å². The van der Waals surface area contributed by atoms with Crippen molar-refractivity contribution in [2.24, 2.45) is 0 Å². The lowest BCUT2D eigenvalue weighted by Gasteiger charge is -2.19. The summed E-state index contributed by atoms with van der Waals surface area (Å²) in [7, 11) is 0. The van der Waals surface area contributed by atoms with Crippen LogP contribution in [0, 0.1) is 0 Å². The molecule has 1 aromatic heterocycles. The summed E-state index contributed by atoms with van der Waals surface area (Å²) in [6.45, 7) is 4.65. The number of carbonyl (C=O) groups excluding carboxylic acids is 2. The second-order valence-corrected chi connectivity index (χ2v) is 6.99. The number of carbonyl (C=O) groups is 2. The molecule has 0 radical (unpaired) electrons. The maximum Gasteiger partial charge on any atom is 0.340 e. The van der Waals surface area contributed by atoms with Gasteiger partial charge in [-0.1, -0.05) is 62.9 Å². The quantitative estimate of drug-likeness (QED) is 0.603. The van der Waals surface area contributed by atoms with Crippen molar-refractivity contribution in [2.75, 3.05) is 19.0 Å². The molecule has 0 aliphatic heterocycles. The molecule has 0 N–H and O–H groups in total. The highest BCUT2D eigenvalue weighted by Gasteiger charge is 2.27. The molecular weight excluding hydrogens is 364 g/mol. The van der Waals surface area contributed by atoms with E-state index in [2.05, 4.69) is 4.98 Å². The van der Waals surface area contributed by atoms with E-state index in [1.165, 1.54) is 11.8 Å². The third-order valence-corrected chi connectivity index (χ3v) is 4.86. The highest BCUT2D eigenvalue weighted by Crippen LogP contribution is 2.32. The minimum atomic E-state index is -0.758. The predicted octanol–water partition coefficient (Wildman–Crippen LogP) is 4.89. The Bertz CT molecular complexity index is 809. The molecular formula is C21H24FNO3S. The lowest BCUT2D eigenvalue weighted by molar-refractivity contribution is 0.0480. The van der Waals surface area contributed by atoms with Gasteiger partial charge < -0.3 is 4.74 Å². The average molecular weight is 388 g/mol. The maximum absolute atomic E-state index is 12.8. The predicted molar refractivity (Wildman–Crippen MR) is 107 cm³/mol. The first-order chi connectivity index (χ1) is 13.1. The van der Waals surface area contributed by atoms with E-state index < -0.39 is 12.6 Å². The topological polar surface area (TPSA) is 56.3 Å². The van der Waals surface area contributed by atoms with Crippen molar-refractivity contribution >= 4 is 22.8 Å². The Morgan fingerprint density at radius 3 is 2.33 bits per heavy atom. The number of nitrogens with zero attached hydrogens (tertiary/aromatic N) is 1. The third-order valence-electron chi connectivity index (χ3n) is 4.11. The van der Waals surface area contributed by atoms with Gasteiger partial charge in [-0.25, -0.2) is 9.18 Å². The van der Waals surface area contributed by atoms with Gasteiger partial charge in [0.25, 0.3) is 0 Å². The molecule has 1 heterocycles. The van der Waals surface area contributed by atoms with Crippen LogP contribution in [0.25, 0.3) is 11.3 Å². The summed E-state index contributed by atoms with van der Waals surface area (Å²) in [5.41, 5.74) is 3.27. The summed E-state index contributed by atoms with van der Waals surface area (Å²) < 4.78 is 17.6. The number of benzene rings is 1. The SMILES string of the molecule is CCSC(=O)c1c(CC)nc(-c2ccccc2)c(C(=O)OCC[18F])c1CC. The highest BCUT2D eigenvalue weighted by atomic mass is 32.2. The van der Waals surface area contributed by atoms with Crippen molar-refractivity contribution in [1.29, 1.82) is 0 Å². The lowest BCUT2D eigenvalue weighted by atomic mass is 9.93. The summed E-state index contributed by atoms with van der Waals surface area (Å²) in [6.07, 6.45) is 1.04. The van der Waals surface area contributed by atoms with E-state index in [9.17, 15) is 14.0 Å². The molecule has 0 aliphatic carbocycles. The van der Waals surface area contributed by atoms with Gasteiger partial charge in [-0.05, 0) is 24.2 Å². The fourth-order valence-electron chi connectivity index (χ4n) is 2.97. The largest absolute Gasteiger partial charge is 0.459 e. The zero-order valence-electron chi connectivity index (χ0n) is 15.9. The third kappa shape index (κ3) is 4.75. The molecule has 4 nitrogen and oxygen atoms in total. The number of rotatable bonds is 8. The monoisotopic (exact) mass is 388 g/mol. The second-order valence-electron chi connectivity index (χ2n) is 5.75. The number of hydrogen-bond donors (Lipinski definition) is 0. The molecule has 0 fully saturated rings. The Labute approximate surface area is 163 Å². The summed E-state index contributed by atoms with van der Waals surface area (Å²) in [4.78, 5) is 30.2. The summed E-state index contributed by atoms with van der Waals surface area (Å²) in [5.74, 6) is -0.0122. The van der Waals surface area contributed by atoms with E-state index in [-0.39, 0.29) is 17.3 Å². The molecule has 0 saturated carbocycles. The Balaban J connectivity index is 2.79. The molecule has 144 valence electrons. The molecule has 0 atom stereocenters.